The molecular formula is C20H12F10N2O2. The molecule has 14 heteroatoms. The molecule has 184 valence electrons. The fraction of sp³-hybridized carbons (Fsp3) is 0.300. The molecule has 2 unspecified atom stereocenters. The highest BCUT2D eigenvalue weighted by atomic mass is 19.2. The van der Waals surface area contributed by atoms with Crippen molar-refractivity contribution in [2.75, 3.05) is 0 Å². The van der Waals surface area contributed by atoms with E-state index < -0.39 is 93.2 Å². The minimum absolute atomic E-state index is 0.0246. The Labute approximate surface area is 183 Å². The summed E-state index contributed by atoms with van der Waals surface area (Å²) < 4.78 is 136. The molecular weight excluding hydrogens is 490 g/mol. The standard InChI is InChI=1S/C20H12F10N2O2/c21-9-7(10(22)14(26)17(29)13(9)25)19(33)31-5-3-1-2-4-6(5)32-20(34)8-11(23)15(27)18(30)16(28)12(8)24/h5-6H,1-4H2,(H,31,33)(H,32,34). The van der Waals surface area contributed by atoms with Crippen molar-refractivity contribution in [3.05, 3.63) is 69.3 Å². The number of hydrogen-bond donors (Lipinski definition) is 2. The molecule has 0 heterocycles. The van der Waals surface area contributed by atoms with Gasteiger partial charge in [-0.15, -0.1) is 0 Å². The predicted octanol–water partition coefficient (Wildman–Crippen LogP) is 4.55. The summed E-state index contributed by atoms with van der Waals surface area (Å²) in [7, 11) is 0. The van der Waals surface area contributed by atoms with E-state index in [0.717, 1.165) is 0 Å². The summed E-state index contributed by atoms with van der Waals surface area (Å²) >= 11 is 0. The lowest BCUT2D eigenvalue weighted by Gasteiger charge is -2.33. The molecule has 0 aliphatic heterocycles. The number of nitrogens with one attached hydrogen (secondary N) is 2. The summed E-state index contributed by atoms with van der Waals surface area (Å²) in [5.41, 5.74) is -3.60. The SMILES string of the molecule is O=C(NC1CCCCC1NC(=O)c1c(F)c(F)c(F)c(F)c1F)c1c(F)c(F)c(F)c(F)c1F. The Bertz CT molecular complexity index is 1040. The van der Waals surface area contributed by atoms with Gasteiger partial charge in [-0.1, -0.05) is 12.8 Å². The highest BCUT2D eigenvalue weighted by Gasteiger charge is 2.35. The molecule has 0 bridgehead atoms. The van der Waals surface area contributed by atoms with Crippen molar-refractivity contribution < 1.29 is 53.5 Å². The first-order valence-electron chi connectivity index (χ1n) is 9.53. The number of carbonyl (C=O) groups is 2. The first-order chi connectivity index (χ1) is 15.9. The topological polar surface area (TPSA) is 58.2 Å². The number of amides is 2. The van der Waals surface area contributed by atoms with Gasteiger partial charge >= 0.3 is 0 Å². The molecule has 2 aromatic rings. The smallest absolute Gasteiger partial charge is 0.257 e. The van der Waals surface area contributed by atoms with Gasteiger partial charge in [0.1, 0.15) is 11.1 Å². The van der Waals surface area contributed by atoms with E-state index in [1.165, 1.54) is 0 Å². The Kier molecular flexibility index (Phi) is 7.07. The molecule has 2 aromatic carbocycles. The lowest BCUT2D eigenvalue weighted by atomic mass is 9.89. The van der Waals surface area contributed by atoms with E-state index in [1.807, 2.05) is 10.6 Å². The summed E-state index contributed by atoms with van der Waals surface area (Å²) in [5.74, 6) is -27.6. The Morgan fingerprint density at radius 1 is 0.471 bits per heavy atom. The van der Waals surface area contributed by atoms with Crippen molar-refractivity contribution in [2.45, 2.75) is 37.8 Å². The summed E-state index contributed by atoms with van der Waals surface area (Å²) in [5, 5.41) is 3.95. The van der Waals surface area contributed by atoms with Crippen molar-refractivity contribution in [3.63, 3.8) is 0 Å². The third kappa shape index (κ3) is 4.28. The van der Waals surface area contributed by atoms with Crippen molar-refractivity contribution in [1.29, 1.82) is 0 Å². The van der Waals surface area contributed by atoms with Crippen molar-refractivity contribution in [1.82, 2.24) is 10.6 Å². The third-order valence-electron chi connectivity index (χ3n) is 5.27. The van der Waals surface area contributed by atoms with E-state index in [1.54, 1.807) is 0 Å². The first kappa shape index (κ1) is 25.3. The van der Waals surface area contributed by atoms with Crippen molar-refractivity contribution >= 4 is 11.8 Å². The average molecular weight is 502 g/mol. The van der Waals surface area contributed by atoms with Crippen LogP contribution in [0.5, 0.6) is 0 Å². The van der Waals surface area contributed by atoms with E-state index in [-0.39, 0.29) is 12.8 Å². The maximum Gasteiger partial charge on any atom is 0.257 e. The molecule has 1 aliphatic carbocycles. The zero-order valence-electron chi connectivity index (χ0n) is 16.6. The van der Waals surface area contributed by atoms with Gasteiger partial charge in [0.05, 0.1) is 0 Å². The molecule has 4 nitrogen and oxygen atoms in total. The summed E-state index contributed by atoms with van der Waals surface area (Å²) in [6.45, 7) is 0. The Morgan fingerprint density at radius 3 is 0.971 bits per heavy atom. The van der Waals surface area contributed by atoms with Crippen LogP contribution in [-0.4, -0.2) is 23.9 Å². The van der Waals surface area contributed by atoms with E-state index >= 15 is 0 Å². The van der Waals surface area contributed by atoms with Crippen LogP contribution in [0, 0.1) is 58.2 Å². The summed E-state index contributed by atoms with van der Waals surface area (Å²) in [6.07, 6.45) is 0.639. The maximum atomic E-state index is 13.9. The second-order valence-corrected chi connectivity index (χ2v) is 7.33. The van der Waals surface area contributed by atoms with Crippen molar-refractivity contribution in [2.24, 2.45) is 0 Å². The van der Waals surface area contributed by atoms with Crippen molar-refractivity contribution in [3.8, 4) is 0 Å². The molecule has 3 rings (SSSR count). The lowest BCUT2D eigenvalue weighted by Crippen LogP contribution is -2.53. The number of rotatable bonds is 4. The van der Waals surface area contributed by atoms with E-state index in [4.69, 9.17) is 0 Å². The number of carbonyl (C=O) groups excluding carboxylic acids is 2. The second-order valence-electron chi connectivity index (χ2n) is 7.33. The van der Waals surface area contributed by atoms with Crippen LogP contribution < -0.4 is 10.6 Å². The minimum Gasteiger partial charge on any atom is -0.347 e. The predicted molar refractivity (Wildman–Crippen MR) is 93.4 cm³/mol. The number of halogens is 10. The Balaban J connectivity index is 1.87. The van der Waals surface area contributed by atoms with Crippen LogP contribution >= 0.6 is 0 Å². The van der Waals surface area contributed by atoms with Crippen LogP contribution in [0.1, 0.15) is 46.4 Å². The largest absolute Gasteiger partial charge is 0.347 e. The van der Waals surface area contributed by atoms with Crippen LogP contribution in [0.4, 0.5) is 43.9 Å². The minimum atomic E-state index is -2.49. The molecule has 1 aliphatic rings. The molecule has 2 N–H and O–H groups in total. The fourth-order valence-electron chi connectivity index (χ4n) is 3.57. The van der Waals surface area contributed by atoms with Gasteiger partial charge in [-0.2, -0.15) is 0 Å². The normalized spacial score (nSPS) is 18.1. The molecule has 0 aromatic heterocycles. The summed E-state index contributed by atoms with van der Waals surface area (Å²) in [4.78, 5) is 24.6. The molecule has 1 saturated carbocycles. The molecule has 2 amide bonds. The highest BCUT2D eigenvalue weighted by molar-refractivity contribution is 5.96. The summed E-state index contributed by atoms with van der Waals surface area (Å²) in [6, 6.07) is -2.50. The van der Waals surface area contributed by atoms with E-state index in [0.29, 0.717) is 12.8 Å². The maximum absolute atomic E-state index is 13.9. The second kappa shape index (κ2) is 9.50. The lowest BCUT2D eigenvalue weighted by molar-refractivity contribution is 0.0850. The number of benzene rings is 2. The van der Waals surface area contributed by atoms with Crippen LogP contribution in [-0.2, 0) is 0 Å². The van der Waals surface area contributed by atoms with Crippen LogP contribution in [0.15, 0.2) is 0 Å². The number of hydrogen-bond acceptors (Lipinski definition) is 2. The van der Waals surface area contributed by atoms with E-state index in [9.17, 15) is 53.5 Å². The van der Waals surface area contributed by atoms with Crippen LogP contribution in [0.25, 0.3) is 0 Å². The molecule has 1 fully saturated rings. The average Bonchev–Trinajstić information content (AvgIpc) is 2.80. The van der Waals surface area contributed by atoms with Gasteiger partial charge in [-0.25, -0.2) is 43.9 Å². The van der Waals surface area contributed by atoms with Gasteiger partial charge in [0.25, 0.3) is 11.8 Å². The van der Waals surface area contributed by atoms with Gasteiger partial charge in [-0.05, 0) is 12.8 Å². The highest BCUT2D eigenvalue weighted by Crippen LogP contribution is 2.26. The van der Waals surface area contributed by atoms with Gasteiger partial charge in [0.2, 0.25) is 11.6 Å². The van der Waals surface area contributed by atoms with Gasteiger partial charge in [0.15, 0.2) is 46.5 Å². The Morgan fingerprint density at radius 2 is 0.706 bits per heavy atom. The van der Waals surface area contributed by atoms with Crippen LogP contribution in [0.2, 0.25) is 0 Å². The molecule has 0 saturated heterocycles. The zero-order valence-corrected chi connectivity index (χ0v) is 16.6. The van der Waals surface area contributed by atoms with E-state index in [2.05, 4.69) is 0 Å². The third-order valence-corrected chi connectivity index (χ3v) is 5.27. The van der Waals surface area contributed by atoms with Crippen LogP contribution in [0.3, 0.4) is 0 Å². The first-order valence-corrected chi connectivity index (χ1v) is 9.53. The molecule has 0 radical (unpaired) electrons. The van der Waals surface area contributed by atoms with Gasteiger partial charge in [0, 0.05) is 12.1 Å². The fourth-order valence-corrected chi connectivity index (χ4v) is 3.57. The monoisotopic (exact) mass is 502 g/mol. The van der Waals surface area contributed by atoms with Gasteiger partial charge < -0.3 is 10.6 Å². The quantitative estimate of drug-likeness (QED) is 0.367. The Hall–Kier alpha value is -3.32. The zero-order chi connectivity index (χ0) is 25.5. The molecule has 2 atom stereocenters. The van der Waals surface area contributed by atoms with Gasteiger partial charge in [-0.3, -0.25) is 9.59 Å². The molecule has 34 heavy (non-hydrogen) atoms. The molecule has 0 spiro atoms.